The molecule has 0 fully saturated rings. The summed E-state index contributed by atoms with van der Waals surface area (Å²) in [4.78, 5) is 12.1. The van der Waals surface area contributed by atoms with Crippen molar-refractivity contribution in [1.82, 2.24) is 0 Å². The van der Waals surface area contributed by atoms with E-state index in [1.807, 2.05) is 0 Å². The van der Waals surface area contributed by atoms with Gasteiger partial charge in [0.25, 0.3) is 0 Å². The number of hydrogen-bond donors (Lipinski definition) is 1. The lowest BCUT2D eigenvalue weighted by Crippen LogP contribution is -1.68. The fraction of sp³-hybridized carbons (Fsp3) is 0. The van der Waals surface area contributed by atoms with Gasteiger partial charge in [-0.15, -0.1) is 0 Å². The molecular weight excluding hydrogens is 124 g/mol. The molecule has 0 amide bonds. The Morgan fingerprint density at radius 2 is 1.89 bits per heavy atom. The number of terminal acetylenes is 2. The molecule has 0 aliphatic rings. The highest BCUT2D eigenvalue weighted by Gasteiger charge is 1.53. The minimum Gasteiger partial charge on any atom is -0.375 e. The summed E-state index contributed by atoms with van der Waals surface area (Å²) in [5.74, 6) is 0. The molecule has 4 heteroatoms. The lowest BCUT2D eigenvalue weighted by atomic mass is 11.3. The Morgan fingerprint density at radius 3 is 1.89 bits per heavy atom. The van der Waals surface area contributed by atoms with Crippen LogP contribution in [0.5, 0.6) is 0 Å². The van der Waals surface area contributed by atoms with Gasteiger partial charge in [0.1, 0.15) is 6.11 Å². The van der Waals surface area contributed by atoms with Gasteiger partial charge in [-0.05, 0) is 0 Å². The zero-order chi connectivity index (χ0) is 7.54. The maximum Gasteiger partial charge on any atom is 0.307 e. The molecule has 0 unspecified atom stereocenters. The largest absolute Gasteiger partial charge is 0.375 e. The number of hydrogen-bond acceptors (Lipinski definition) is 4. The molecule has 0 aromatic rings. The van der Waals surface area contributed by atoms with E-state index in [2.05, 4.69) is 22.5 Å². The molecule has 1 N–H and O–H groups in total. The van der Waals surface area contributed by atoms with Crippen molar-refractivity contribution in [2.75, 3.05) is 0 Å². The van der Waals surface area contributed by atoms with Crippen molar-refractivity contribution in [1.29, 1.82) is 0 Å². The van der Waals surface area contributed by atoms with Gasteiger partial charge in [0.05, 0.1) is 0 Å². The summed E-state index contributed by atoms with van der Waals surface area (Å²) in [6, 6.07) is 0. The van der Waals surface area contributed by atoms with Crippen LogP contribution in [0.2, 0.25) is 0 Å². The van der Waals surface area contributed by atoms with Crippen LogP contribution in [0, 0.1) is 25.1 Å². The molecule has 0 atom stereocenters. The monoisotopic (exact) mass is 128 g/mol. The third-order valence-corrected chi connectivity index (χ3v) is 0.169. The van der Waals surface area contributed by atoms with Crippen LogP contribution in [-0.4, -0.2) is 11.7 Å². The molecule has 48 valence electrons. The summed E-state index contributed by atoms with van der Waals surface area (Å²) in [5.41, 5.74) is 0. The van der Waals surface area contributed by atoms with E-state index < -0.39 is 0 Å². The molecule has 0 rings (SSSR count). The van der Waals surface area contributed by atoms with E-state index in [-0.39, 0.29) is 6.47 Å². The third-order valence-electron chi connectivity index (χ3n) is 0.169. The lowest BCUT2D eigenvalue weighted by molar-refractivity contribution is -0.171. The smallest absolute Gasteiger partial charge is 0.307 e. The van der Waals surface area contributed by atoms with Crippen molar-refractivity contribution in [2.24, 2.45) is 0 Å². The maximum absolute atomic E-state index is 9.04. The molecule has 0 saturated carbocycles. The van der Waals surface area contributed by atoms with Crippen LogP contribution in [-0.2, 0) is 14.4 Å². The van der Waals surface area contributed by atoms with Crippen LogP contribution < -0.4 is 0 Å². The first-order valence-electron chi connectivity index (χ1n) is 1.64. The van der Waals surface area contributed by atoms with Crippen molar-refractivity contribution in [3.05, 3.63) is 0 Å². The number of rotatable bonds is 1. The van der Waals surface area contributed by atoms with E-state index in [1.165, 1.54) is 6.11 Å². The maximum atomic E-state index is 9.04. The van der Waals surface area contributed by atoms with E-state index in [0.29, 0.717) is 0 Å². The Balaban J connectivity index is 0. The van der Waals surface area contributed by atoms with Gasteiger partial charge >= 0.3 is 6.47 Å². The molecular formula is C5H4O4. The predicted octanol–water partition coefficient (Wildman–Crippen LogP) is -0.183. The normalized spacial score (nSPS) is 4.33. The second-order valence-electron chi connectivity index (χ2n) is 0.541. The molecule has 0 spiro atoms. The molecule has 0 aliphatic carbocycles. The fourth-order valence-electron chi connectivity index (χ4n) is 0.0278. The Hall–Kier alpha value is -1.65. The summed E-state index contributed by atoms with van der Waals surface area (Å²) in [7, 11) is 0. The van der Waals surface area contributed by atoms with Crippen molar-refractivity contribution < 1.29 is 19.7 Å². The van der Waals surface area contributed by atoms with Crippen LogP contribution in [0.1, 0.15) is 0 Å². The summed E-state index contributed by atoms with van der Waals surface area (Å²) >= 11 is 0. The highest BCUT2D eigenvalue weighted by atomic mass is 17.1. The Kier molecular flexibility index (Phi) is 18.6. The molecule has 0 heterocycles. The SMILES string of the molecule is C#COC=O.C#COO. The fourth-order valence-corrected chi connectivity index (χ4v) is 0.0278. The second-order valence-corrected chi connectivity index (χ2v) is 0.541. The predicted molar refractivity (Wildman–Crippen MR) is 28.5 cm³/mol. The van der Waals surface area contributed by atoms with Crippen LogP contribution in [0.25, 0.3) is 0 Å². The Bertz CT molecular complexity index is 127. The van der Waals surface area contributed by atoms with Gasteiger partial charge in [0, 0.05) is 0 Å². The van der Waals surface area contributed by atoms with Gasteiger partial charge in [-0.1, -0.05) is 12.8 Å². The molecule has 0 saturated heterocycles. The molecule has 0 aromatic heterocycles. The molecule has 0 aliphatic heterocycles. The Morgan fingerprint density at radius 1 is 1.44 bits per heavy atom. The topological polar surface area (TPSA) is 55.8 Å². The van der Waals surface area contributed by atoms with E-state index >= 15 is 0 Å². The minimum absolute atomic E-state index is 0.194. The molecule has 9 heavy (non-hydrogen) atoms. The van der Waals surface area contributed by atoms with Gasteiger partial charge in [-0.3, -0.25) is 9.68 Å². The summed E-state index contributed by atoms with van der Waals surface area (Å²) in [5, 5.41) is 7.14. The van der Waals surface area contributed by atoms with Gasteiger partial charge in [-0.25, -0.2) is 0 Å². The highest BCUT2D eigenvalue weighted by molar-refractivity contribution is 5.39. The first kappa shape index (κ1) is 10.4. The van der Waals surface area contributed by atoms with E-state index in [9.17, 15) is 0 Å². The highest BCUT2D eigenvalue weighted by Crippen LogP contribution is 1.46. The van der Waals surface area contributed by atoms with E-state index in [1.54, 1.807) is 6.11 Å². The standard InChI is InChI=1S/C3H2O2.C2H2O2/c1-2-5-3-4;1-2-4-3/h1,3H;1,3H. The van der Waals surface area contributed by atoms with Gasteiger partial charge in [0.15, 0.2) is 6.11 Å². The molecule has 4 nitrogen and oxygen atoms in total. The Labute approximate surface area is 52.3 Å². The molecule has 0 bridgehead atoms. The molecule has 0 aromatic carbocycles. The van der Waals surface area contributed by atoms with E-state index in [4.69, 9.17) is 10.1 Å². The molecule has 0 radical (unpaired) electrons. The average Bonchev–Trinajstić information content (AvgIpc) is 1.91. The van der Waals surface area contributed by atoms with Crippen molar-refractivity contribution >= 4 is 6.47 Å². The van der Waals surface area contributed by atoms with Crippen LogP contribution in [0.3, 0.4) is 0 Å². The zero-order valence-electron chi connectivity index (χ0n) is 4.40. The number of ether oxygens (including phenoxy) is 1. The van der Waals surface area contributed by atoms with Crippen molar-refractivity contribution in [2.45, 2.75) is 0 Å². The van der Waals surface area contributed by atoms with Crippen molar-refractivity contribution in [3.63, 3.8) is 0 Å². The zero-order valence-corrected chi connectivity index (χ0v) is 4.40. The first-order chi connectivity index (χ1) is 4.33. The van der Waals surface area contributed by atoms with Crippen molar-refractivity contribution in [3.8, 4) is 25.1 Å². The van der Waals surface area contributed by atoms with Gasteiger partial charge in [0.2, 0.25) is 0 Å². The number of carbonyl (C=O) groups is 1. The summed E-state index contributed by atoms with van der Waals surface area (Å²) in [6.07, 6.45) is 11.9. The van der Waals surface area contributed by atoms with Crippen LogP contribution in [0.15, 0.2) is 0 Å². The average molecular weight is 128 g/mol. The van der Waals surface area contributed by atoms with Crippen LogP contribution >= 0.6 is 0 Å². The quantitative estimate of drug-likeness (QED) is 0.230. The summed E-state index contributed by atoms with van der Waals surface area (Å²) < 4.78 is 3.68. The van der Waals surface area contributed by atoms with E-state index in [0.717, 1.165) is 0 Å². The number of carbonyl (C=O) groups excluding carboxylic acids is 1. The van der Waals surface area contributed by atoms with Crippen LogP contribution in [0.4, 0.5) is 0 Å². The van der Waals surface area contributed by atoms with Gasteiger partial charge in [-0.2, -0.15) is 5.26 Å². The lowest BCUT2D eigenvalue weighted by Gasteiger charge is -1.65. The second kappa shape index (κ2) is 16.2. The minimum atomic E-state index is 0.194. The van der Waals surface area contributed by atoms with Gasteiger partial charge < -0.3 is 4.74 Å². The summed E-state index contributed by atoms with van der Waals surface area (Å²) in [6.45, 7) is 0.194. The first-order valence-corrected chi connectivity index (χ1v) is 1.64. The third kappa shape index (κ3) is 65.9.